The van der Waals surface area contributed by atoms with E-state index >= 15 is 0 Å². The molecule has 0 aliphatic heterocycles. The minimum atomic E-state index is -0.149. The zero-order chi connectivity index (χ0) is 33.3. The summed E-state index contributed by atoms with van der Waals surface area (Å²) in [6.07, 6.45) is 6.06. The van der Waals surface area contributed by atoms with Gasteiger partial charge in [0.2, 0.25) is 0 Å². The van der Waals surface area contributed by atoms with Crippen molar-refractivity contribution in [3.05, 3.63) is 0 Å². The monoisotopic (exact) mass is 672 g/mol. The molecule has 0 rings (SSSR count). The van der Waals surface area contributed by atoms with Gasteiger partial charge in [0.15, 0.2) is 0 Å². The lowest BCUT2D eigenvalue weighted by atomic mass is 10.1. The fraction of sp³-hybridized carbons (Fsp3) is 0.969. The highest BCUT2D eigenvalue weighted by Gasteiger charge is 2.02. The van der Waals surface area contributed by atoms with Gasteiger partial charge in [0.25, 0.3) is 0 Å². The SMILES string of the molecule is CCCCCCCC(=O)OCCOCCOCCOCCOCCOCCOCCOCCOCCOCCOCCOCCO. The lowest BCUT2D eigenvalue weighted by molar-refractivity contribution is -0.145. The fourth-order valence-electron chi connectivity index (χ4n) is 3.53. The molecule has 1 N–H and O–H groups in total. The largest absolute Gasteiger partial charge is 0.463 e. The van der Waals surface area contributed by atoms with Crippen molar-refractivity contribution in [3.8, 4) is 0 Å². The van der Waals surface area contributed by atoms with Crippen LogP contribution in [0.15, 0.2) is 0 Å². The number of hydrogen-bond donors (Lipinski definition) is 1. The zero-order valence-corrected chi connectivity index (χ0v) is 28.5. The third kappa shape index (κ3) is 41.0. The van der Waals surface area contributed by atoms with Crippen molar-refractivity contribution in [2.45, 2.75) is 45.4 Å². The number of esters is 1. The molecule has 0 saturated heterocycles. The second kappa shape index (κ2) is 42.0. The first kappa shape index (κ1) is 45.0. The summed E-state index contributed by atoms with van der Waals surface area (Å²) in [6, 6.07) is 0. The van der Waals surface area contributed by atoms with E-state index < -0.39 is 0 Å². The predicted octanol–water partition coefficient (Wildman–Crippen LogP) is 2.07. The second-order valence-electron chi connectivity index (χ2n) is 9.84. The number of carbonyl (C=O) groups is 1. The Hall–Kier alpha value is -1.01. The first-order valence-electron chi connectivity index (χ1n) is 16.9. The number of aliphatic hydroxyl groups excluding tert-OH is 1. The maximum absolute atomic E-state index is 11.6. The summed E-state index contributed by atoms with van der Waals surface area (Å²) in [5.74, 6) is -0.149. The van der Waals surface area contributed by atoms with Gasteiger partial charge in [-0.15, -0.1) is 0 Å². The summed E-state index contributed by atoms with van der Waals surface area (Å²) in [5.41, 5.74) is 0. The molecule has 276 valence electrons. The Morgan fingerprint density at radius 2 is 0.630 bits per heavy atom. The first-order chi connectivity index (χ1) is 22.8. The number of hydrogen-bond acceptors (Lipinski definition) is 14. The highest BCUT2D eigenvalue weighted by atomic mass is 16.6. The van der Waals surface area contributed by atoms with Gasteiger partial charge in [0, 0.05) is 6.42 Å². The van der Waals surface area contributed by atoms with Crippen LogP contribution < -0.4 is 0 Å². The van der Waals surface area contributed by atoms with Gasteiger partial charge in [-0.25, -0.2) is 0 Å². The normalized spacial score (nSPS) is 11.4. The van der Waals surface area contributed by atoms with E-state index in [9.17, 15) is 4.79 Å². The third-order valence-corrected chi connectivity index (χ3v) is 5.93. The van der Waals surface area contributed by atoms with E-state index in [1.165, 1.54) is 19.3 Å². The summed E-state index contributed by atoms with van der Waals surface area (Å²) in [4.78, 5) is 11.6. The quantitative estimate of drug-likeness (QED) is 0.0746. The molecule has 0 radical (unpaired) electrons. The van der Waals surface area contributed by atoms with Crippen molar-refractivity contribution >= 4 is 5.97 Å². The Labute approximate surface area is 276 Å². The van der Waals surface area contributed by atoms with Crippen molar-refractivity contribution < 1.29 is 66.7 Å². The number of unbranched alkanes of at least 4 members (excludes halogenated alkanes) is 4. The maximum Gasteiger partial charge on any atom is 0.305 e. The summed E-state index contributed by atoms with van der Waals surface area (Å²) < 4.78 is 64.6. The molecule has 0 unspecified atom stereocenters. The van der Waals surface area contributed by atoms with Crippen LogP contribution in [0, 0.1) is 0 Å². The molecule has 0 fully saturated rings. The summed E-state index contributed by atoms with van der Waals surface area (Å²) in [5, 5.41) is 8.58. The smallest absolute Gasteiger partial charge is 0.305 e. The van der Waals surface area contributed by atoms with Gasteiger partial charge in [0.1, 0.15) is 6.61 Å². The van der Waals surface area contributed by atoms with Gasteiger partial charge >= 0.3 is 5.97 Å². The van der Waals surface area contributed by atoms with Crippen LogP contribution in [0.3, 0.4) is 0 Å². The van der Waals surface area contributed by atoms with Gasteiger partial charge in [-0.2, -0.15) is 0 Å². The molecule has 0 saturated carbocycles. The van der Waals surface area contributed by atoms with Crippen molar-refractivity contribution in [3.63, 3.8) is 0 Å². The van der Waals surface area contributed by atoms with E-state index in [-0.39, 0.29) is 19.2 Å². The molecule has 0 heterocycles. The van der Waals surface area contributed by atoms with Crippen LogP contribution in [-0.2, 0) is 61.6 Å². The molecule has 46 heavy (non-hydrogen) atoms. The molecule has 0 aromatic carbocycles. The number of rotatable bonds is 41. The minimum absolute atomic E-state index is 0.0230. The van der Waals surface area contributed by atoms with Crippen LogP contribution in [0.4, 0.5) is 0 Å². The highest BCUT2D eigenvalue weighted by molar-refractivity contribution is 5.69. The van der Waals surface area contributed by atoms with Crippen molar-refractivity contribution in [2.24, 2.45) is 0 Å². The van der Waals surface area contributed by atoms with E-state index in [1.54, 1.807) is 0 Å². The van der Waals surface area contributed by atoms with Gasteiger partial charge < -0.3 is 61.9 Å². The van der Waals surface area contributed by atoms with Gasteiger partial charge in [-0.05, 0) is 6.42 Å². The molecular formula is C32H64O14. The minimum Gasteiger partial charge on any atom is -0.463 e. The molecule has 0 aromatic rings. The van der Waals surface area contributed by atoms with Crippen LogP contribution in [-0.4, -0.2) is 170 Å². The predicted molar refractivity (Wildman–Crippen MR) is 170 cm³/mol. The van der Waals surface area contributed by atoms with Gasteiger partial charge in [-0.3, -0.25) is 4.79 Å². The Kier molecular flexibility index (Phi) is 41.1. The first-order valence-corrected chi connectivity index (χ1v) is 16.9. The van der Waals surface area contributed by atoms with E-state index in [1.807, 2.05) is 0 Å². The lowest BCUT2D eigenvalue weighted by Crippen LogP contribution is -2.15. The molecule has 0 bridgehead atoms. The molecule has 0 aromatic heterocycles. The molecule has 0 amide bonds. The zero-order valence-electron chi connectivity index (χ0n) is 28.5. The summed E-state index contributed by atoms with van der Waals surface area (Å²) >= 11 is 0. The van der Waals surface area contributed by atoms with Gasteiger partial charge in [0.05, 0.1) is 152 Å². The fourth-order valence-corrected chi connectivity index (χ4v) is 3.53. The molecule has 0 spiro atoms. The number of ether oxygens (including phenoxy) is 12. The van der Waals surface area contributed by atoms with Crippen molar-refractivity contribution in [2.75, 3.05) is 159 Å². The highest BCUT2D eigenvalue weighted by Crippen LogP contribution is 2.05. The summed E-state index contributed by atoms with van der Waals surface area (Å²) in [6.45, 7) is 13.0. The average molecular weight is 673 g/mol. The number of carbonyl (C=O) groups excluding carboxylic acids is 1. The Morgan fingerprint density at radius 3 is 0.913 bits per heavy atom. The van der Waals surface area contributed by atoms with E-state index in [2.05, 4.69) is 6.92 Å². The summed E-state index contributed by atoms with van der Waals surface area (Å²) in [7, 11) is 0. The molecule has 14 heteroatoms. The standard InChI is InChI=1S/C32H64O14/c1-2-3-4-5-6-7-32(34)46-31-30-45-29-28-44-27-26-43-25-24-42-23-22-41-21-20-40-19-18-39-17-16-38-15-14-37-13-12-36-11-10-35-9-8-33/h33H,2-31H2,1H3. The Morgan fingerprint density at radius 1 is 0.370 bits per heavy atom. The average Bonchev–Trinajstić information content (AvgIpc) is 3.06. The van der Waals surface area contributed by atoms with Crippen LogP contribution in [0.2, 0.25) is 0 Å². The van der Waals surface area contributed by atoms with E-state index in [0.29, 0.717) is 152 Å². The Balaban J connectivity index is 3.08. The maximum atomic E-state index is 11.6. The van der Waals surface area contributed by atoms with E-state index in [4.69, 9.17) is 61.9 Å². The topological polar surface area (TPSA) is 148 Å². The lowest BCUT2D eigenvalue weighted by Gasteiger charge is -2.09. The number of aliphatic hydroxyl groups is 1. The molecule has 14 nitrogen and oxygen atoms in total. The molecular weight excluding hydrogens is 608 g/mol. The van der Waals surface area contributed by atoms with Crippen LogP contribution in [0.25, 0.3) is 0 Å². The third-order valence-electron chi connectivity index (χ3n) is 5.93. The van der Waals surface area contributed by atoms with Crippen molar-refractivity contribution in [1.29, 1.82) is 0 Å². The van der Waals surface area contributed by atoms with Crippen LogP contribution >= 0.6 is 0 Å². The Bertz CT molecular complexity index is 573. The van der Waals surface area contributed by atoms with Crippen LogP contribution in [0.1, 0.15) is 45.4 Å². The molecule has 0 aliphatic carbocycles. The van der Waals surface area contributed by atoms with Crippen LogP contribution in [0.5, 0.6) is 0 Å². The molecule has 0 aliphatic rings. The van der Waals surface area contributed by atoms with Gasteiger partial charge in [-0.1, -0.05) is 32.6 Å². The van der Waals surface area contributed by atoms with Crippen molar-refractivity contribution in [1.82, 2.24) is 0 Å². The molecule has 0 atom stereocenters. The second-order valence-corrected chi connectivity index (χ2v) is 9.84. The van der Waals surface area contributed by atoms with E-state index in [0.717, 1.165) is 12.8 Å².